The van der Waals surface area contributed by atoms with Gasteiger partial charge in [0, 0.05) is 30.4 Å². The summed E-state index contributed by atoms with van der Waals surface area (Å²) in [5.41, 5.74) is 3.31. The first-order valence-corrected chi connectivity index (χ1v) is 10.1. The molecule has 1 fully saturated rings. The number of carboxylic acids is 1. The lowest BCUT2D eigenvalue weighted by Gasteiger charge is -2.27. The van der Waals surface area contributed by atoms with Gasteiger partial charge in [-0.25, -0.2) is 0 Å². The van der Waals surface area contributed by atoms with Gasteiger partial charge in [0.15, 0.2) is 5.75 Å². The molecule has 0 spiro atoms. The number of benzene rings is 2. The average molecular weight is 426 g/mol. The Morgan fingerprint density at radius 2 is 2.13 bits per heavy atom. The van der Waals surface area contributed by atoms with Crippen molar-refractivity contribution in [2.24, 2.45) is 7.05 Å². The zero-order valence-corrected chi connectivity index (χ0v) is 17.3. The third kappa shape index (κ3) is 2.97. The van der Waals surface area contributed by atoms with Crippen LogP contribution in [0.3, 0.4) is 0 Å². The van der Waals surface area contributed by atoms with Crippen LogP contribution in [0, 0.1) is 0 Å². The van der Waals surface area contributed by atoms with Crippen molar-refractivity contribution in [1.29, 1.82) is 0 Å². The van der Waals surface area contributed by atoms with Gasteiger partial charge in [0.05, 0.1) is 17.7 Å². The molecule has 154 valence electrons. The molecule has 0 aliphatic carbocycles. The number of nitrogens with zero attached hydrogens (tertiary/aromatic N) is 3. The molecule has 2 aliphatic rings. The molecule has 3 aromatic rings. The number of hydrogen-bond donors (Lipinski definition) is 0. The van der Waals surface area contributed by atoms with Crippen molar-refractivity contribution >= 4 is 46.1 Å². The van der Waals surface area contributed by atoms with Crippen molar-refractivity contribution in [1.82, 2.24) is 0 Å². The Hall–Kier alpha value is -3.19. The SMILES string of the molecule is CN1C(=Cc2oc3ccc(N4CCCC4C(=O)[O-])cc3[n+]2C)Oc2ccc(Cl)cc21. The molecule has 3 heterocycles. The maximum atomic E-state index is 11.4. The number of carboxylic acid groups (broad SMARTS) is 1. The van der Waals surface area contributed by atoms with Crippen molar-refractivity contribution in [2.45, 2.75) is 18.9 Å². The first-order chi connectivity index (χ1) is 14.4. The molecule has 5 rings (SSSR count). The van der Waals surface area contributed by atoms with E-state index in [0.29, 0.717) is 35.3 Å². The maximum absolute atomic E-state index is 11.4. The summed E-state index contributed by atoms with van der Waals surface area (Å²) in [5.74, 6) is 0.937. The third-order valence-electron chi connectivity index (χ3n) is 5.78. The van der Waals surface area contributed by atoms with Gasteiger partial charge in [0.1, 0.15) is 13.1 Å². The van der Waals surface area contributed by atoms with Gasteiger partial charge in [-0.3, -0.25) is 0 Å². The average Bonchev–Trinajstić information content (AvgIpc) is 3.41. The second-order valence-electron chi connectivity index (χ2n) is 7.58. The van der Waals surface area contributed by atoms with Crippen LogP contribution in [0.1, 0.15) is 18.7 Å². The minimum Gasteiger partial charge on any atom is -0.548 e. The number of carbonyl (C=O) groups excluding carboxylic acids is 1. The fraction of sp³-hybridized carbons (Fsp3) is 0.273. The fourth-order valence-corrected chi connectivity index (χ4v) is 4.32. The molecular formula is C22H20ClN3O4. The predicted octanol–water partition coefficient (Wildman–Crippen LogP) is 2.46. The van der Waals surface area contributed by atoms with E-state index in [1.165, 1.54) is 0 Å². The highest BCUT2D eigenvalue weighted by molar-refractivity contribution is 6.31. The van der Waals surface area contributed by atoms with Crippen molar-refractivity contribution in [3.63, 3.8) is 0 Å². The van der Waals surface area contributed by atoms with Crippen molar-refractivity contribution in [2.75, 3.05) is 23.4 Å². The summed E-state index contributed by atoms with van der Waals surface area (Å²) >= 11 is 6.10. The van der Waals surface area contributed by atoms with Gasteiger partial charge in [-0.15, -0.1) is 0 Å². The van der Waals surface area contributed by atoms with Gasteiger partial charge in [-0.05, 0) is 43.2 Å². The van der Waals surface area contributed by atoms with Crippen molar-refractivity contribution in [3.05, 3.63) is 53.2 Å². The Morgan fingerprint density at radius 3 is 2.93 bits per heavy atom. The number of oxazole rings is 1. The lowest BCUT2D eigenvalue weighted by Crippen LogP contribution is -2.44. The second-order valence-corrected chi connectivity index (χ2v) is 8.01. The Balaban J connectivity index is 1.50. The van der Waals surface area contributed by atoms with Gasteiger partial charge in [-0.2, -0.15) is 4.57 Å². The van der Waals surface area contributed by atoms with Gasteiger partial charge in [-0.1, -0.05) is 11.6 Å². The van der Waals surface area contributed by atoms with Crippen LogP contribution in [0.25, 0.3) is 17.2 Å². The van der Waals surface area contributed by atoms with E-state index in [2.05, 4.69) is 0 Å². The number of hydrogen-bond acceptors (Lipinski definition) is 6. The Labute approximate surface area is 178 Å². The normalized spacial score (nSPS) is 19.6. The maximum Gasteiger partial charge on any atom is 0.379 e. The first kappa shape index (κ1) is 18.8. The van der Waals surface area contributed by atoms with Gasteiger partial charge >= 0.3 is 5.89 Å². The number of aliphatic carboxylic acids is 1. The minimum atomic E-state index is -1.03. The molecule has 1 unspecified atom stereocenters. The zero-order valence-electron chi connectivity index (χ0n) is 16.6. The molecule has 0 amide bonds. The summed E-state index contributed by atoms with van der Waals surface area (Å²) in [7, 11) is 3.81. The van der Waals surface area contributed by atoms with Crippen LogP contribution in [-0.2, 0) is 11.8 Å². The van der Waals surface area contributed by atoms with E-state index in [4.69, 9.17) is 20.8 Å². The Morgan fingerprint density at radius 1 is 1.30 bits per heavy atom. The lowest BCUT2D eigenvalue weighted by atomic mass is 10.2. The van der Waals surface area contributed by atoms with Gasteiger partial charge in [0.2, 0.25) is 11.5 Å². The van der Waals surface area contributed by atoms with Crippen LogP contribution in [-0.4, -0.2) is 25.6 Å². The highest BCUT2D eigenvalue weighted by Gasteiger charge is 2.29. The summed E-state index contributed by atoms with van der Waals surface area (Å²) in [4.78, 5) is 15.2. The Kier molecular flexibility index (Phi) is 4.36. The number of fused-ring (bicyclic) bond motifs is 2. The monoisotopic (exact) mass is 425 g/mol. The quantitative estimate of drug-likeness (QED) is 0.600. The van der Waals surface area contributed by atoms with Crippen LogP contribution >= 0.6 is 11.6 Å². The Bertz CT molecular complexity index is 1200. The van der Waals surface area contributed by atoms with Gasteiger partial charge in [0.25, 0.3) is 5.52 Å². The van der Waals surface area contributed by atoms with Crippen LogP contribution in [0.5, 0.6) is 5.75 Å². The topological polar surface area (TPSA) is 72.9 Å². The van der Waals surface area contributed by atoms with E-state index >= 15 is 0 Å². The molecule has 1 aromatic heterocycles. The number of aromatic nitrogens is 1. The molecule has 7 nitrogen and oxygen atoms in total. The molecule has 30 heavy (non-hydrogen) atoms. The van der Waals surface area contributed by atoms with Crippen LogP contribution in [0.15, 0.2) is 46.7 Å². The summed E-state index contributed by atoms with van der Waals surface area (Å²) in [6.07, 6.45) is 3.26. The second kappa shape index (κ2) is 6.95. The molecule has 1 saturated heterocycles. The van der Waals surface area contributed by atoms with Crippen LogP contribution in [0.2, 0.25) is 5.02 Å². The number of rotatable bonds is 3. The molecular weight excluding hydrogens is 406 g/mol. The molecule has 8 heteroatoms. The van der Waals surface area contributed by atoms with E-state index in [-0.39, 0.29) is 0 Å². The number of halogens is 1. The van der Waals surface area contributed by atoms with E-state index in [1.54, 1.807) is 6.07 Å². The predicted molar refractivity (Wildman–Crippen MR) is 111 cm³/mol. The number of anilines is 2. The van der Waals surface area contributed by atoms with E-state index < -0.39 is 12.0 Å². The summed E-state index contributed by atoms with van der Waals surface area (Å²) < 4.78 is 13.9. The number of carbonyl (C=O) groups is 1. The highest BCUT2D eigenvalue weighted by atomic mass is 35.5. The zero-order chi connectivity index (χ0) is 21.0. The minimum absolute atomic E-state index is 0.591. The third-order valence-corrected chi connectivity index (χ3v) is 6.01. The number of ether oxygens (including phenoxy) is 1. The highest BCUT2D eigenvalue weighted by Crippen LogP contribution is 2.40. The summed E-state index contributed by atoms with van der Waals surface area (Å²) in [6, 6.07) is 10.6. The van der Waals surface area contributed by atoms with E-state index in [9.17, 15) is 9.90 Å². The van der Waals surface area contributed by atoms with Crippen molar-refractivity contribution < 1.29 is 23.6 Å². The standard InChI is InChI=1S/C22H20ClN3O4/c1-24-16-10-13(23)5-7-18(16)29-20(24)12-21-25(2)17-11-14(6-8-19(17)30-21)26-9-3-4-15(26)22(27)28/h5-8,10-12,15H,3-4,9H2,1-2H3. The number of aryl methyl sites for hydroxylation is 1. The molecule has 0 N–H and O–H groups in total. The smallest absolute Gasteiger partial charge is 0.379 e. The van der Waals surface area contributed by atoms with Crippen LogP contribution < -0.4 is 24.2 Å². The molecule has 1 atom stereocenters. The first-order valence-electron chi connectivity index (χ1n) is 9.75. The largest absolute Gasteiger partial charge is 0.548 e. The van der Waals surface area contributed by atoms with Crippen LogP contribution in [0.4, 0.5) is 11.4 Å². The fourth-order valence-electron chi connectivity index (χ4n) is 4.15. The van der Waals surface area contributed by atoms with Gasteiger partial charge < -0.3 is 28.9 Å². The molecule has 2 aliphatic heterocycles. The molecule has 2 aromatic carbocycles. The lowest BCUT2D eigenvalue weighted by molar-refractivity contribution is -0.652. The molecule has 0 bridgehead atoms. The summed E-state index contributed by atoms with van der Waals surface area (Å²) in [5, 5.41) is 12.1. The van der Waals surface area contributed by atoms with E-state index in [0.717, 1.165) is 29.1 Å². The van der Waals surface area contributed by atoms with E-state index in [1.807, 2.05) is 64.9 Å². The molecule has 0 radical (unpaired) electrons. The molecule has 0 saturated carbocycles. The summed E-state index contributed by atoms with van der Waals surface area (Å²) in [6.45, 7) is 0.697. The van der Waals surface area contributed by atoms with Crippen molar-refractivity contribution in [3.8, 4) is 5.75 Å².